The molecule has 7 heteroatoms. The van der Waals surface area contributed by atoms with Crippen LogP contribution in [0.4, 0.5) is 0 Å². The van der Waals surface area contributed by atoms with Crippen LogP contribution in [0.15, 0.2) is 0 Å². The standard InChI is InChI=1S/5CN.CO.Fe/c6*1-2;/q5*-1;;+5. The van der Waals surface area contributed by atoms with Gasteiger partial charge in [-0.05, 0) is 0 Å². The minimum absolute atomic E-state index is 0. The Kier molecular flexibility index (Phi) is 792. The van der Waals surface area contributed by atoms with Crippen molar-refractivity contribution < 1.29 is 21.7 Å². The fourth-order valence-corrected chi connectivity index (χ4v) is 0. The van der Waals surface area contributed by atoms with E-state index in [1.165, 1.54) is 0 Å². The van der Waals surface area contributed by atoms with Crippen LogP contribution in [-0.4, -0.2) is 0 Å². The van der Waals surface area contributed by atoms with Gasteiger partial charge in [-0.2, -0.15) is 0 Å². The van der Waals surface area contributed by atoms with Crippen LogP contribution in [0.3, 0.4) is 0 Å². The number of nitrogens with zero attached hydrogens (tertiary/aromatic N) is 5. The van der Waals surface area contributed by atoms with Gasteiger partial charge >= 0.3 is 28.4 Å². The van der Waals surface area contributed by atoms with Gasteiger partial charge in [-0.3, -0.25) is 0 Å². The monoisotopic (exact) mass is 214 g/mol. The van der Waals surface area contributed by atoms with E-state index in [4.69, 9.17) is 63.8 Å². The van der Waals surface area contributed by atoms with Gasteiger partial charge in [0.15, 0.2) is 0 Å². The Labute approximate surface area is 88.0 Å². The van der Waals surface area contributed by atoms with Crippen molar-refractivity contribution in [2.24, 2.45) is 0 Å². The third kappa shape index (κ3) is 110. The zero-order valence-electron chi connectivity index (χ0n) is 6.00. The summed E-state index contributed by atoms with van der Waals surface area (Å²) in [7, 11) is 0. The fourth-order valence-electron chi connectivity index (χ4n) is 0. The Morgan fingerprint density at radius 3 is 0.462 bits per heavy atom. The van der Waals surface area contributed by atoms with E-state index in [9.17, 15) is 0 Å². The molecule has 0 saturated heterocycles. The van der Waals surface area contributed by atoms with Crippen molar-refractivity contribution >= 4 is 0 Å². The van der Waals surface area contributed by atoms with E-state index in [1.54, 1.807) is 0 Å². The molecule has 0 unspecified atom stereocenters. The normalized spacial score (nSPS) is 0.923. The quantitative estimate of drug-likeness (QED) is 0.326. The van der Waals surface area contributed by atoms with Crippen LogP contribution in [0.1, 0.15) is 0 Å². The summed E-state index contributed by atoms with van der Waals surface area (Å²) in [6.07, 6.45) is 0. The Bertz CT molecular complexity index is 96.0. The van der Waals surface area contributed by atoms with Crippen LogP contribution in [0.2, 0.25) is 0 Å². The fraction of sp³-hybridized carbons (Fsp3) is 0. The minimum Gasteiger partial charge on any atom is 5.00 e. The van der Waals surface area contributed by atoms with E-state index in [1.807, 2.05) is 0 Å². The van der Waals surface area contributed by atoms with Crippen molar-refractivity contribution in [1.29, 1.82) is 26.3 Å². The molecule has 63 valence electrons. The summed E-state index contributed by atoms with van der Waals surface area (Å²) in [6.45, 7) is 28.2. The third-order valence-electron chi connectivity index (χ3n) is 0. The van der Waals surface area contributed by atoms with Gasteiger partial charge in [0, 0.05) is 0 Å². The van der Waals surface area contributed by atoms with Crippen LogP contribution < -0.4 is 0 Å². The number of hydrogen-bond acceptors (Lipinski definition) is 5. The van der Waals surface area contributed by atoms with Crippen LogP contribution in [-0.2, 0) is 21.7 Å². The Balaban J connectivity index is -0.00000000655. The summed E-state index contributed by atoms with van der Waals surface area (Å²) < 4.78 is 7.50. The van der Waals surface area contributed by atoms with Gasteiger partial charge in [-0.25, -0.2) is 0 Å². The van der Waals surface area contributed by atoms with Crippen LogP contribution in [0, 0.1) is 65.8 Å². The van der Waals surface area contributed by atoms with E-state index >= 15 is 0 Å². The molecule has 0 rings (SSSR count). The van der Waals surface area contributed by atoms with E-state index in [0.29, 0.717) is 0 Å². The molecule has 0 aromatic heterocycles. The molecular weight excluding hydrogens is 214 g/mol. The maximum absolute atomic E-state index is 7.50. The van der Waals surface area contributed by atoms with E-state index in [0.717, 1.165) is 0 Å². The second-order valence-corrected chi connectivity index (χ2v) is 0. The van der Waals surface area contributed by atoms with Crippen LogP contribution in [0.25, 0.3) is 0 Å². The average Bonchev–Trinajstić information content (AvgIpc) is 2.33. The smallest absolute Gasteiger partial charge is 5.00 e. The Morgan fingerprint density at radius 2 is 0.462 bits per heavy atom. The maximum atomic E-state index is 7.50. The van der Waals surface area contributed by atoms with E-state index in [-0.39, 0.29) is 17.1 Å². The number of hydrogen-bond donors (Lipinski definition) is 0. The molecule has 0 aromatic rings. The van der Waals surface area contributed by atoms with Gasteiger partial charge < -0.3 is 59.2 Å². The molecule has 0 N–H and O–H groups in total. The van der Waals surface area contributed by atoms with Crippen molar-refractivity contribution in [2.75, 3.05) is 0 Å². The molecule has 0 spiro atoms. The largest absolute Gasteiger partial charge is 5.00 e. The van der Waals surface area contributed by atoms with Crippen LogP contribution >= 0.6 is 0 Å². The first kappa shape index (κ1) is 73.4. The van der Waals surface area contributed by atoms with Gasteiger partial charge in [-0.15, -0.1) is 0 Å². The molecule has 0 aliphatic heterocycles. The minimum atomic E-state index is 0. The molecule has 0 saturated carbocycles. The first-order chi connectivity index (χ1) is 6.00. The molecule has 13 heavy (non-hydrogen) atoms. The van der Waals surface area contributed by atoms with E-state index in [2.05, 4.69) is 6.65 Å². The summed E-state index contributed by atoms with van der Waals surface area (Å²) in [4.78, 5) is 0. The summed E-state index contributed by atoms with van der Waals surface area (Å²) >= 11 is 0. The number of rotatable bonds is 0. The molecule has 0 aliphatic rings. The van der Waals surface area contributed by atoms with Crippen molar-refractivity contribution in [3.63, 3.8) is 0 Å². The molecule has 0 bridgehead atoms. The van der Waals surface area contributed by atoms with Gasteiger partial charge in [0.1, 0.15) is 0 Å². The van der Waals surface area contributed by atoms with Crippen molar-refractivity contribution in [3.8, 4) is 0 Å². The summed E-state index contributed by atoms with van der Waals surface area (Å²) in [5.74, 6) is 0. The molecular formula is C6FeN5O. The first-order valence-electron chi connectivity index (χ1n) is 1.32. The molecule has 6 nitrogen and oxygen atoms in total. The zero-order chi connectivity index (χ0) is 12.0. The summed E-state index contributed by atoms with van der Waals surface area (Å²) in [5.41, 5.74) is 0. The van der Waals surface area contributed by atoms with Crippen molar-refractivity contribution in [1.82, 2.24) is 0 Å². The van der Waals surface area contributed by atoms with Crippen molar-refractivity contribution in [3.05, 3.63) is 39.5 Å². The first-order valence-corrected chi connectivity index (χ1v) is 1.32. The van der Waals surface area contributed by atoms with Gasteiger partial charge in [0.05, 0.1) is 0 Å². The van der Waals surface area contributed by atoms with Gasteiger partial charge in [0.2, 0.25) is 0 Å². The van der Waals surface area contributed by atoms with Gasteiger partial charge in [-0.1, -0.05) is 0 Å². The third-order valence-corrected chi connectivity index (χ3v) is 0. The van der Waals surface area contributed by atoms with E-state index < -0.39 is 0 Å². The molecule has 0 aromatic carbocycles. The Morgan fingerprint density at radius 1 is 0.462 bits per heavy atom. The SMILES string of the molecule is [C-]#N.[C-]#N.[C-]#N.[C-]#N.[C-]#N.[C-]#[O+].[Fe+5]. The topological polar surface area (TPSA) is 139 Å². The molecule has 0 aliphatic carbocycles. The van der Waals surface area contributed by atoms with Gasteiger partial charge in [0.25, 0.3) is 0 Å². The molecule has 0 fully saturated rings. The van der Waals surface area contributed by atoms with Crippen LogP contribution in [0.5, 0.6) is 0 Å². The predicted molar refractivity (Wildman–Crippen MR) is 28.8 cm³/mol. The summed E-state index contributed by atoms with van der Waals surface area (Å²) in [6, 6.07) is 0. The molecule has 0 heterocycles. The Hall–Kier alpha value is -2.29. The second-order valence-electron chi connectivity index (χ2n) is 0. The molecule has 1 radical (unpaired) electrons. The molecule has 0 amide bonds. The second kappa shape index (κ2) is 140. The molecule has 0 atom stereocenters. The zero-order valence-corrected chi connectivity index (χ0v) is 7.10. The maximum Gasteiger partial charge on any atom is 5.00 e. The summed E-state index contributed by atoms with van der Waals surface area (Å²) in [5, 5.41) is 31.2. The van der Waals surface area contributed by atoms with Crippen molar-refractivity contribution in [2.45, 2.75) is 0 Å². The average molecular weight is 214 g/mol. The predicted octanol–water partition coefficient (Wildman–Crippen LogP) is 0.442.